The molecule has 3 rings (SSSR count). The average molecular weight is 438 g/mol. The molecule has 0 bridgehead atoms. The summed E-state index contributed by atoms with van der Waals surface area (Å²) in [4.78, 5) is 21.6. The molecule has 0 atom stereocenters. The Morgan fingerprint density at radius 3 is 1.65 bits per heavy atom. The van der Waals surface area contributed by atoms with Crippen LogP contribution in [0, 0.1) is 27.2 Å². The Morgan fingerprint density at radius 1 is 0.742 bits per heavy atom. The van der Waals surface area contributed by atoms with Gasteiger partial charge in [-0.2, -0.15) is 0 Å². The molecular weight excluding hydrogens is 416 g/mol. The Hall–Kier alpha value is -3.40. The van der Waals surface area contributed by atoms with Crippen molar-refractivity contribution in [3.05, 3.63) is 115 Å². The first-order valence-electron chi connectivity index (χ1n) is 9.55. The molecule has 0 N–H and O–H groups in total. The van der Waals surface area contributed by atoms with E-state index in [0.29, 0.717) is 17.2 Å². The van der Waals surface area contributed by atoms with Crippen LogP contribution in [-0.4, -0.2) is 19.1 Å². The van der Waals surface area contributed by atoms with Gasteiger partial charge in [-0.25, -0.2) is 0 Å². The molecule has 0 spiro atoms. The Labute approximate surface area is 181 Å². The molecule has 0 fully saturated rings. The molecule has 9 heteroatoms. The van der Waals surface area contributed by atoms with E-state index in [1.165, 1.54) is 12.1 Å². The summed E-state index contributed by atoms with van der Waals surface area (Å²) in [7, 11) is -1.93. The summed E-state index contributed by atoms with van der Waals surface area (Å²) in [5.74, 6) is 0. The SMILES string of the molecule is Cc1ccc(C[Si](OCc2ccccc2[N+](=O)[O-])OCc2ccccc2[N+](=O)[O-])cc1. The van der Waals surface area contributed by atoms with Crippen LogP contribution in [-0.2, 0) is 28.1 Å². The molecule has 159 valence electrons. The van der Waals surface area contributed by atoms with Crippen LogP contribution in [0.1, 0.15) is 22.3 Å². The molecule has 8 nitrogen and oxygen atoms in total. The summed E-state index contributed by atoms with van der Waals surface area (Å²) in [5.41, 5.74) is 3.00. The lowest BCUT2D eigenvalue weighted by molar-refractivity contribution is -0.385. The number of nitro groups is 2. The van der Waals surface area contributed by atoms with Crippen molar-refractivity contribution in [2.45, 2.75) is 26.2 Å². The predicted octanol–water partition coefficient (Wildman–Crippen LogP) is 4.81. The van der Waals surface area contributed by atoms with E-state index in [1.54, 1.807) is 36.4 Å². The van der Waals surface area contributed by atoms with Crippen molar-refractivity contribution in [3.63, 3.8) is 0 Å². The van der Waals surface area contributed by atoms with Crippen molar-refractivity contribution < 1.29 is 18.7 Å². The molecule has 0 amide bonds. The van der Waals surface area contributed by atoms with E-state index in [-0.39, 0.29) is 24.6 Å². The summed E-state index contributed by atoms with van der Waals surface area (Å²) < 4.78 is 12.0. The zero-order valence-corrected chi connectivity index (χ0v) is 17.9. The van der Waals surface area contributed by atoms with Crippen molar-refractivity contribution in [1.82, 2.24) is 0 Å². The maximum Gasteiger partial charge on any atom is 0.389 e. The van der Waals surface area contributed by atoms with Gasteiger partial charge < -0.3 is 8.85 Å². The smallest absolute Gasteiger partial charge is 0.388 e. The number of nitro benzene ring substituents is 2. The molecule has 0 aliphatic carbocycles. The third kappa shape index (κ3) is 6.29. The highest BCUT2D eigenvalue weighted by molar-refractivity contribution is 6.43. The van der Waals surface area contributed by atoms with E-state index in [4.69, 9.17) is 8.85 Å². The Kier molecular flexibility index (Phi) is 7.60. The normalized spacial score (nSPS) is 10.9. The van der Waals surface area contributed by atoms with Crippen LogP contribution >= 0.6 is 0 Å². The third-order valence-electron chi connectivity index (χ3n) is 4.62. The van der Waals surface area contributed by atoms with E-state index in [0.717, 1.165) is 11.1 Å². The number of para-hydroxylation sites is 2. The second kappa shape index (κ2) is 10.6. The molecule has 0 heterocycles. The first kappa shape index (κ1) is 22.3. The maximum atomic E-state index is 11.3. The van der Waals surface area contributed by atoms with Crippen LogP contribution in [0.15, 0.2) is 72.8 Å². The highest BCUT2D eigenvalue weighted by atomic mass is 28.3. The van der Waals surface area contributed by atoms with E-state index >= 15 is 0 Å². The van der Waals surface area contributed by atoms with Gasteiger partial charge in [-0.3, -0.25) is 20.2 Å². The zero-order valence-electron chi connectivity index (χ0n) is 16.9. The maximum absolute atomic E-state index is 11.3. The van der Waals surface area contributed by atoms with Crippen molar-refractivity contribution >= 4 is 20.7 Å². The minimum Gasteiger partial charge on any atom is -0.388 e. The van der Waals surface area contributed by atoms with Crippen molar-refractivity contribution in [2.24, 2.45) is 0 Å². The summed E-state index contributed by atoms with van der Waals surface area (Å²) in [5, 5.41) is 22.5. The second-order valence-electron chi connectivity index (χ2n) is 6.88. The molecule has 31 heavy (non-hydrogen) atoms. The van der Waals surface area contributed by atoms with Crippen LogP contribution < -0.4 is 0 Å². The van der Waals surface area contributed by atoms with Gasteiger partial charge in [-0.05, 0) is 24.6 Å². The van der Waals surface area contributed by atoms with Crippen LogP contribution in [0.5, 0.6) is 0 Å². The Bertz CT molecular complexity index is 996. The summed E-state index contributed by atoms with van der Waals surface area (Å²) in [6.45, 7) is 2.04. The van der Waals surface area contributed by atoms with Crippen LogP contribution in [0.25, 0.3) is 0 Å². The monoisotopic (exact) mass is 437 g/mol. The van der Waals surface area contributed by atoms with E-state index in [1.807, 2.05) is 31.2 Å². The van der Waals surface area contributed by atoms with Crippen molar-refractivity contribution in [3.8, 4) is 0 Å². The van der Waals surface area contributed by atoms with E-state index in [9.17, 15) is 20.2 Å². The van der Waals surface area contributed by atoms with Gasteiger partial charge in [0.1, 0.15) is 0 Å². The molecule has 3 aromatic carbocycles. The minimum atomic E-state index is -1.93. The average Bonchev–Trinajstić information content (AvgIpc) is 2.77. The third-order valence-corrected chi connectivity index (χ3v) is 6.25. The van der Waals surface area contributed by atoms with Crippen molar-refractivity contribution in [2.75, 3.05) is 0 Å². The van der Waals surface area contributed by atoms with E-state index in [2.05, 4.69) is 0 Å². The molecule has 3 aromatic rings. The molecule has 0 unspecified atom stereocenters. The van der Waals surface area contributed by atoms with Gasteiger partial charge in [-0.1, -0.05) is 54.1 Å². The second-order valence-corrected chi connectivity index (χ2v) is 8.56. The minimum absolute atomic E-state index is 0.0158. The van der Waals surface area contributed by atoms with Gasteiger partial charge in [0.2, 0.25) is 0 Å². The van der Waals surface area contributed by atoms with Crippen LogP contribution in [0.3, 0.4) is 0 Å². The van der Waals surface area contributed by atoms with Gasteiger partial charge in [0.15, 0.2) is 0 Å². The molecule has 0 saturated heterocycles. The number of benzene rings is 3. The summed E-state index contributed by atoms with van der Waals surface area (Å²) >= 11 is 0. The Morgan fingerprint density at radius 2 is 1.19 bits per heavy atom. The van der Waals surface area contributed by atoms with Gasteiger partial charge in [-0.15, -0.1) is 0 Å². The van der Waals surface area contributed by atoms with Crippen LogP contribution in [0.4, 0.5) is 11.4 Å². The molecule has 0 aliphatic rings. The number of rotatable bonds is 10. The van der Waals surface area contributed by atoms with Gasteiger partial charge in [0.25, 0.3) is 11.4 Å². The van der Waals surface area contributed by atoms with Gasteiger partial charge in [0.05, 0.1) is 34.2 Å². The fourth-order valence-electron chi connectivity index (χ4n) is 2.95. The largest absolute Gasteiger partial charge is 0.389 e. The number of nitrogens with zero attached hydrogens (tertiary/aromatic N) is 2. The molecule has 0 saturated carbocycles. The van der Waals surface area contributed by atoms with Gasteiger partial charge in [0, 0.05) is 18.2 Å². The fourth-order valence-corrected chi connectivity index (χ4v) is 4.44. The van der Waals surface area contributed by atoms with Crippen LogP contribution in [0.2, 0.25) is 0 Å². The predicted molar refractivity (Wildman–Crippen MR) is 116 cm³/mol. The first-order valence-corrected chi connectivity index (χ1v) is 11.1. The highest BCUT2D eigenvalue weighted by Gasteiger charge is 2.22. The molecule has 0 aliphatic heterocycles. The van der Waals surface area contributed by atoms with E-state index < -0.39 is 19.1 Å². The fraction of sp³-hybridized carbons (Fsp3) is 0.182. The summed E-state index contributed by atoms with van der Waals surface area (Å²) in [6.07, 6.45) is 0. The summed E-state index contributed by atoms with van der Waals surface area (Å²) in [6, 6.07) is 21.2. The lowest BCUT2D eigenvalue weighted by Crippen LogP contribution is -2.26. The van der Waals surface area contributed by atoms with Crippen molar-refractivity contribution in [1.29, 1.82) is 0 Å². The number of hydrogen-bond donors (Lipinski definition) is 0. The lowest BCUT2D eigenvalue weighted by atomic mass is 10.2. The topological polar surface area (TPSA) is 105 Å². The number of aryl methyl sites for hydroxylation is 1. The first-order chi connectivity index (χ1) is 14.9. The number of hydrogen-bond acceptors (Lipinski definition) is 6. The molecule has 1 radical (unpaired) electrons. The zero-order chi connectivity index (χ0) is 22.2. The quantitative estimate of drug-likeness (QED) is 0.256. The molecular formula is C22H21N2O6Si. The van der Waals surface area contributed by atoms with Gasteiger partial charge >= 0.3 is 9.28 Å². The highest BCUT2D eigenvalue weighted by Crippen LogP contribution is 2.22. The molecule has 0 aromatic heterocycles. The standard InChI is InChI=1S/C22H21N2O6Si/c1-17-10-12-18(13-11-17)16-31(29-14-19-6-2-4-8-21(19)23(25)26)30-15-20-7-3-5-9-22(20)24(27)28/h2-13H,14-16H2,1H3. The Balaban J connectivity index is 1.76. The lowest BCUT2D eigenvalue weighted by Gasteiger charge is -2.16.